The minimum absolute atomic E-state index is 0.264. The van der Waals surface area contributed by atoms with E-state index in [9.17, 15) is 17.4 Å². The summed E-state index contributed by atoms with van der Waals surface area (Å²) in [6.07, 6.45) is -2.51. The predicted octanol–water partition coefficient (Wildman–Crippen LogP) is 4.09. The van der Waals surface area contributed by atoms with Gasteiger partial charge in [0.15, 0.2) is 5.69 Å². The average molecular weight is 387 g/mol. The maximum Gasteiger partial charge on any atom is 0.435 e. The Labute approximate surface area is 152 Å². The number of methoxy groups -OCH3 is 1. The zero-order chi connectivity index (χ0) is 19.7. The van der Waals surface area contributed by atoms with Gasteiger partial charge in [-0.25, -0.2) is 8.89 Å². The second-order valence-electron chi connectivity index (χ2n) is 6.60. The summed E-state index contributed by atoms with van der Waals surface area (Å²) in [5, 5.41) is 3.68. The highest BCUT2D eigenvalue weighted by Crippen LogP contribution is 2.33. The second-order valence-corrected chi connectivity index (χ2v) is 8.53. The molecule has 1 heterocycles. The summed E-state index contributed by atoms with van der Waals surface area (Å²) in [6, 6.07) is 5.12. The van der Waals surface area contributed by atoms with Gasteiger partial charge in [0, 0.05) is 18.0 Å². The average Bonchev–Trinajstić information content (AvgIpc) is 2.95. The summed E-state index contributed by atoms with van der Waals surface area (Å²) in [4.78, 5) is 0. The van der Waals surface area contributed by atoms with Crippen molar-refractivity contribution >= 4 is 17.2 Å². The van der Waals surface area contributed by atoms with E-state index in [1.165, 1.54) is 13.3 Å². The van der Waals surface area contributed by atoms with Crippen molar-refractivity contribution < 1.29 is 22.1 Å². The van der Waals surface area contributed by atoms with Crippen LogP contribution in [0.3, 0.4) is 0 Å². The highest BCUT2D eigenvalue weighted by Gasteiger charge is 2.37. The Bertz CT molecular complexity index is 852. The van der Waals surface area contributed by atoms with Crippen LogP contribution in [0, 0.1) is 6.92 Å². The molecule has 9 heteroatoms. The van der Waals surface area contributed by atoms with Crippen LogP contribution in [0.4, 0.5) is 13.2 Å². The fraction of sp³-hybridized carbons (Fsp3) is 0.412. The summed E-state index contributed by atoms with van der Waals surface area (Å²) >= 11 is 0. The molecule has 0 bridgehead atoms. The fourth-order valence-corrected chi connectivity index (χ4v) is 2.70. The summed E-state index contributed by atoms with van der Waals surface area (Å²) < 4.78 is 61.6. The van der Waals surface area contributed by atoms with E-state index in [0.717, 1.165) is 10.9 Å². The van der Waals surface area contributed by atoms with Gasteiger partial charge in [0.25, 0.3) is 0 Å². The summed E-state index contributed by atoms with van der Waals surface area (Å²) in [6.45, 7) is 6.81. The third-order valence-electron chi connectivity index (χ3n) is 3.47. The van der Waals surface area contributed by atoms with E-state index in [4.69, 9.17) is 4.74 Å². The first kappa shape index (κ1) is 20.2. The Morgan fingerprint density at radius 2 is 1.92 bits per heavy atom. The molecule has 2 aromatic rings. The molecule has 1 aromatic heterocycles. The Morgan fingerprint density at radius 1 is 1.27 bits per heavy atom. The topological polar surface area (TPSA) is 56.5 Å². The molecule has 0 N–H and O–H groups in total. The van der Waals surface area contributed by atoms with E-state index in [2.05, 4.69) is 9.50 Å². The minimum atomic E-state index is -4.67. The number of halogens is 3. The second kappa shape index (κ2) is 7.22. The SMILES string of the molecule is COc1cccc(C)c1-n1cc(C=N[S@](=O)C(C)(C)C)c(C(F)(F)F)n1. The van der Waals surface area contributed by atoms with Crippen LogP contribution in [0.2, 0.25) is 0 Å². The quantitative estimate of drug-likeness (QED) is 0.743. The largest absolute Gasteiger partial charge is 0.494 e. The van der Waals surface area contributed by atoms with Crippen molar-refractivity contribution in [3.8, 4) is 11.4 Å². The highest BCUT2D eigenvalue weighted by atomic mass is 32.2. The van der Waals surface area contributed by atoms with Gasteiger partial charge in [0.1, 0.15) is 22.4 Å². The third kappa shape index (κ3) is 4.32. The number of alkyl halides is 3. The lowest BCUT2D eigenvalue weighted by Gasteiger charge is -2.12. The molecular weight excluding hydrogens is 367 g/mol. The van der Waals surface area contributed by atoms with E-state index < -0.39 is 27.6 Å². The van der Waals surface area contributed by atoms with Crippen molar-refractivity contribution in [1.29, 1.82) is 0 Å². The van der Waals surface area contributed by atoms with Gasteiger partial charge in [-0.2, -0.15) is 22.7 Å². The molecule has 5 nitrogen and oxygen atoms in total. The van der Waals surface area contributed by atoms with Gasteiger partial charge in [-0.1, -0.05) is 12.1 Å². The third-order valence-corrected chi connectivity index (χ3v) is 4.82. The molecule has 0 spiro atoms. The monoisotopic (exact) mass is 387 g/mol. The number of para-hydroxylation sites is 1. The lowest BCUT2D eigenvalue weighted by Crippen LogP contribution is -2.19. The van der Waals surface area contributed by atoms with Crippen LogP contribution in [0.5, 0.6) is 5.75 Å². The van der Waals surface area contributed by atoms with Gasteiger partial charge in [-0.15, -0.1) is 0 Å². The molecule has 2 rings (SSSR count). The summed E-state index contributed by atoms with van der Waals surface area (Å²) in [5.41, 5.74) is -0.266. The zero-order valence-corrected chi connectivity index (χ0v) is 15.9. The Hall–Kier alpha value is -2.16. The van der Waals surface area contributed by atoms with Gasteiger partial charge < -0.3 is 4.74 Å². The van der Waals surface area contributed by atoms with Crippen LogP contribution >= 0.6 is 0 Å². The van der Waals surface area contributed by atoms with E-state index in [1.807, 2.05) is 0 Å². The van der Waals surface area contributed by atoms with Crippen LogP contribution < -0.4 is 4.74 Å². The molecule has 1 aromatic carbocycles. The van der Waals surface area contributed by atoms with Crippen molar-refractivity contribution in [2.75, 3.05) is 7.11 Å². The molecule has 0 fully saturated rings. The lowest BCUT2D eigenvalue weighted by atomic mass is 10.2. The van der Waals surface area contributed by atoms with Crippen LogP contribution in [-0.4, -0.2) is 32.1 Å². The predicted molar refractivity (Wildman–Crippen MR) is 95.3 cm³/mol. The van der Waals surface area contributed by atoms with E-state index in [1.54, 1.807) is 45.9 Å². The molecule has 0 aliphatic heterocycles. The molecule has 0 aliphatic carbocycles. The molecule has 0 radical (unpaired) electrons. The van der Waals surface area contributed by atoms with Crippen LogP contribution in [-0.2, 0) is 17.2 Å². The van der Waals surface area contributed by atoms with Crippen LogP contribution in [0.1, 0.15) is 37.6 Å². The first-order valence-corrected chi connectivity index (χ1v) is 8.82. The molecule has 1 atom stereocenters. The standard InChI is InChI=1S/C17H20F3N3O2S/c1-11-7-6-8-13(25-5)14(11)23-10-12(15(22-23)17(18,19)20)9-21-26(24)16(2,3)4/h6-10H,1-5H3/t26-/m1/s1. The first-order valence-electron chi connectivity index (χ1n) is 7.72. The van der Waals surface area contributed by atoms with Crippen LogP contribution in [0.15, 0.2) is 28.8 Å². The minimum Gasteiger partial charge on any atom is -0.494 e. The highest BCUT2D eigenvalue weighted by molar-refractivity contribution is 7.85. The smallest absolute Gasteiger partial charge is 0.435 e. The molecule has 0 saturated heterocycles. The number of benzene rings is 1. The zero-order valence-electron chi connectivity index (χ0n) is 15.1. The molecule has 0 amide bonds. The molecule has 0 aliphatic rings. The van der Waals surface area contributed by atoms with Gasteiger partial charge in [0.2, 0.25) is 0 Å². The van der Waals surface area contributed by atoms with Crippen molar-refractivity contribution in [3.05, 3.63) is 41.2 Å². The van der Waals surface area contributed by atoms with Crippen molar-refractivity contribution in [2.24, 2.45) is 4.40 Å². The maximum atomic E-state index is 13.4. The van der Waals surface area contributed by atoms with E-state index in [0.29, 0.717) is 17.0 Å². The normalized spacial score (nSPS) is 14.0. The number of rotatable bonds is 4. The first-order chi connectivity index (χ1) is 11.9. The Morgan fingerprint density at radius 3 is 2.46 bits per heavy atom. The molecule has 0 saturated carbocycles. The van der Waals surface area contributed by atoms with E-state index >= 15 is 0 Å². The van der Waals surface area contributed by atoms with Crippen molar-refractivity contribution in [1.82, 2.24) is 9.78 Å². The van der Waals surface area contributed by atoms with Gasteiger partial charge in [0.05, 0.1) is 11.9 Å². The Kier molecular flexibility index (Phi) is 5.60. The van der Waals surface area contributed by atoms with Gasteiger partial charge >= 0.3 is 6.18 Å². The fourth-order valence-electron chi connectivity index (χ4n) is 2.17. The summed E-state index contributed by atoms with van der Waals surface area (Å²) in [7, 11) is -0.246. The van der Waals surface area contributed by atoms with Gasteiger partial charge in [-0.3, -0.25) is 0 Å². The van der Waals surface area contributed by atoms with E-state index in [-0.39, 0.29) is 5.56 Å². The Balaban J connectivity index is 2.59. The molecular formula is C17H20F3N3O2S. The van der Waals surface area contributed by atoms with Crippen molar-refractivity contribution in [2.45, 2.75) is 38.6 Å². The lowest BCUT2D eigenvalue weighted by molar-refractivity contribution is -0.141. The number of hydrogen-bond acceptors (Lipinski definition) is 3. The number of ether oxygens (including phenoxy) is 1. The van der Waals surface area contributed by atoms with Gasteiger partial charge in [-0.05, 0) is 39.3 Å². The molecule has 0 unspecified atom stereocenters. The number of nitrogens with zero attached hydrogens (tertiary/aromatic N) is 3. The number of aryl methyl sites for hydroxylation is 1. The number of aromatic nitrogens is 2. The molecule has 26 heavy (non-hydrogen) atoms. The maximum absolute atomic E-state index is 13.4. The molecule has 142 valence electrons. The van der Waals surface area contributed by atoms with Crippen molar-refractivity contribution in [3.63, 3.8) is 0 Å². The van der Waals surface area contributed by atoms with Crippen LogP contribution in [0.25, 0.3) is 5.69 Å². The number of hydrogen-bond donors (Lipinski definition) is 0. The summed E-state index contributed by atoms with van der Waals surface area (Å²) in [5.74, 6) is 0.392.